The van der Waals surface area contributed by atoms with Gasteiger partial charge in [0.2, 0.25) is 0 Å². The molecule has 1 saturated heterocycles. The Labute approximate surface area is 93.2 Å². The fourth-order valence-electron chi connectivity index (χ4n) is 2.74. The minimum Gasteiger partial charge on any atom is -0.381 e. The van der Waals surface area contributed by atoms with Gasteiger partial charge in [0, 0.05) is 38.3 Å². The van der Waals surface area contributed by atoms with E-state index in [-0.39, 0.29) is 0 Å². The molecule has 2 atom stereocenters. The zero-order valence-electron chi connectivity index (χ0n) is 10.2. The van der Waals surface area contributed by atoms with Crippen molar-refractivity contribution < 1.29 is 4.74 Å². The van der Waals surface area contributed by atoms with Crippen molar-refractivity contribution in [2.24, 2.45) is 0 Å². The molecule has 0 spiro atoms. The number of rotatable bonds is 3. The number of piperazine rings is 1. The molecule has 88 valence electrons. The maximum absolute atomic E-state index is 5.35. The average Bonchev–Trinajstić information content (AvgIpc) is 2.19. The quantitative estimate of drug-likeness (QED) is 0.761. The van der Waals surface area contributed by atoms with Crippen LogP contribution >= 0.6 is 0 Å². The second-order valence-electron chi connectivity index (χ2n) is 5.04. The third kappa shape index (κ3) is 2.35. The summed E-state index contributed by atoms with van der Waals surface area (Å²) in [5, 5.41) is 3.60. The molecule has 0 bridgehead atoms. The molecule has 2 unspecified atom stereocenters. The Morgan fingerprint density at radius 2 is 2.13 bits per heavy atom. The zero-order valence-corrected chi connectivity index (χ0v) is 10.2. The van der Waals surface area contributed by atoms with Crippen molar-refractivity contribution in [2.45, 2.75) is 57.3 Å². The topological polar surface area (TPSA) is 24.5 Å². The van der Waals surface area contributed by atoms with Gasteiger partial charge >= 0.3 is 0 Å². The molecular weight excluding hydrogens is 188 g/mol. The third-order valence-electron chi connectivity index (χ3n) is 4.06. The van der Waals surface area contributed by atoms with Crippen molar-refractivity contribution in [1.82, 2.24) is 10.2 Å². The smallest absolute Gasteiger partial charge is 0.0601 e. The molecule has 2 aliphatic rings. The van der Waals surface area contributed by atoms with Crippen molar-refractivity contribution in [3.63, 3.8) is 0 Å². The van der Waals surface area contributed by atoms with E-state index in [1.807, 2.05) is 7.11 Å². The summed E-state index contributed by atoms with van der Waals surface area (Å²) >= 11 is 0. The lowest BCUT2D eigenvalue weighted by Crippen LogP contribution is -2.61. The van der Waals surface area contributed by atoms with Crippen molar-refractivity contribution in [2.75, 3.05) is 20.2 Å². The van der Waals surface area contributed by atoms with Gasteiger partial charge in [0.25, 0.3) is 0 Å². The predicted octanol–water partition coefficient (Wildman–Crippen LogP) is 1.24. The molecule has 1 saturated carbocycles. The summed E-state index contributed by atoms with van der Waals surface area (Å²) in [4.78, 5) is 2.68. The van der Waals surface area contributed by atoms with Crippen LogP contribution in [0.5, 0.6) is 0 Å². The Hall–Kier alpha value is -0.120. The van der Waals surface area contributed by atoms with Gasteiger partial charge in [-0.05, 0) is 26.2 Å². The van der Waals surface area contributed by atoms with Crippen LogP contribution in [-0.4, -0.2) is 49.3 Å². The molecule has 3 heteroatoms. The second kappa shape index (κ2) is 4.81. The lowest BCUT2D eigenvalue weighted by Gasteiger charge is -2.49. The van der Waals surface area contributed by atoms with Crippen LogP contribution in [0.15, 0.2) is 0 Å². The van der Waals surface area contributed by atoms with Crippen LogP contribution in [0.1, 0.15) is 33.1 Å². The minimum absolute atomic E-state index is 0.525. The molecule has 15 heavy (non-hydrogen) atoms. The molecule has 0 aromatic rings. The van der Waals surface area contributed by atoms with Gasteiger partial charge in [0.15, 0.2) is 0 Å². The highest BCUT2D eigenvalue weighted by Gasteiger charge is 2.38. The van der Waals surface area contributed by atoms with E-state index in [4.69, 9.17) is 4.74 Å². The summed E-state index contributed by atoms with van der Waals surface area (Å²) in [6.45, 7) is 6.97. The monoisotopic (exact) mass is 212 g/mol. The maximum atomic E-state index is 5.35. The molecule has 0 amide bonds. The van der Waals surface area contributed by atoms with E-state index in [9.17, 15) is 0 Å². The fourth-order valence-corrected chi connectivity index (χ4v) is 2.74. The first kappa shape index (κ1) is 11.4. The number of ether oxygens (including phenoxy) is 1. The normalized spacial score (nSPS) is 42.6. The molecule has 1 heterocycles. The number of nitrogens with zero attached hydrogens (tertiary/aromatic N) is 1. The van der Waals surface area contributed by atoms with Crippen molar-refractivity contribution >= 4 is 0 Å². The number of nitrogens with one attached hydrogen (secondary N) is 1. The van der Waals surface area contributed by atoms with E-state index in [2.05, 4.69) is 24.1 Å². The SMILES string of the molecule is CCC1CN(C2CC(OC)C2)C(C)CN1. The van der Waals surface area contributed by atoms with Crippen molar-refractivity contribution in [1.29, 1.82) is 0 Å². The Kier molecular flexibility index (Phi) is 3.65. The Morgan fingerprint density at radius 1 is 1.40 bits per heavy atom. The van der Waals surface area contributed by atoms with E-state index in [0.717, 1.165) is 12.6 Å². The molecule has 1 aliphatic heterocycles. The second-order valence-corrected chi connectivity index (χ2v) is 5.04. The highest BCUT2D eigenvalue weighted by molar-refractivity contribution is 4.94. The number of hydrogen-bond acceptors (Lipinski definition) is 3. The van der Waals surface area contributed by atoms with E-state index < -0.39 is 0 Å². The van der Waals surface area contributed by atoms with E-state index in [1.165, 1.54) is 25.8 Å². The van der Waals surface area contributed by atoms with Gasteiger partial charge in [-0.2, -0.15) is 0 Å². The van der Waals surface area contributed by atoms with Gasteiger partial charge in [-0.15, -0.1) is 0 Å². The molecule has 0 aromatic carbocycles. The van der Waals surface area contributed by atoms with Crippen LogP contribution in [0, 0.1) is 0 Å². The predicted molar refractivity (Wildman–Crippen MR) is 62.1 cm³/mol. The van der Waals surface area contributed by atoms with E-state index in [1.54, 1.807) is 0 Å². The van der Waals surface area contributed by atoms with Crippen LogP contribution in [0.4, 0.5) is 0 Å². The molecule has 0 aromatic heterocycles. The summed E-state index contributed by atoms with van der Waals surface area (Å²) < 4.78 is 5.35. The van der Waals surface area contributed by atoms with E-state index in [0.29, 0.717) is 18.2 Å². The first-order valence-electron chi connectivity index (χ1n) is 6.26. The van der Waals surface area contributed by atoms with Crippen LogP contribution in [0.25, 0.3) is 0 Å². The molecule has 1 N–H and O–H groups in total. The Balaban J connectivity index is 1.84. The van der Waals surface area contributed by atoms with Gasteiger partial charge in [0.05, 0.1) is 6.10 Å². The van der Waals surface area contributed by atoms with Crippen molar-refractivity contribution in [3.8, 4) is 0 Å². The largest absolute Gasteiger partial charge is 0.381 e. The summed E-state index contributed by atoms with van der Waals surface area (Å²) in [6, 6.07) is 2.17. The summed E-state index contributed by atoms with van der Waals surface area (Å²) in [6.07, 6.45) is 4.23. The van der Waals surface area contributed by atoms with Crippen LogP contribution < -0.4 is 5.32 Å². The molecule has 0 radical (unpaired) electrons. The Bertz CT molecular complexity index is 204. The van der Waals surface area contributed by atoms with Gasteiger partial charge in [-0.25, -0.2) is 0 Å². The molecular formula is C12H24N2O. The lowest BCUT2D eigenvalue weighted by molar-refractivity contribution is -0.0492. The standard InChI is InChI=1S/C12H24N2O/c1-4-10-8-14(9(2)7-13-10)11-5-12(6-11)15-3/h9-13H,4-8H2,1-3H3. The fraction of sp³-hybridized carbons (Fsp3) is 1.00. The summed E-state index contributed by atoms with van der Waals surface area (Å²) in [7, 11) is 1.83. The summed E-state index contributed by atoms with van der Waals surface area (Å²) in [5.41, 5.74) is 0. The Morgan fingerprint density at radius 3 is 2.73 bits per heavy atom. The highest BCUT2D eigenvalue weighted by Crippen LogP contribution is 2.30. The third-order valence-corrected chi connectivity index (χ3v) is 4.06. The molecule has 2 rings (SSSR count). The summed E-state index contributed by atoms with van der Waals surface area (Å²) in [5.74, 6) is 0. The van der Waals surface area contributed by atoms with Crippen LogP contribution in [0.3, 0.4) is 0 Å². The van der Waals surface area contributed by atoms with Gasteiger partial charge in [-0.3, -0.25) is 4.90 Å². The van der Waals surface area contributed by atoms with Crippen molar-refractivity contribution in [3.05, 3.63) is 0 Å². The first-order valence-corrected chi connectivity index (χ1v) is 6.26. The van der Waals surface area contributed by atoms with E-state index >= 15 is 0 Å². The van der Waals surface area contributed by atoms with Crippen LogP contribution in [-0.2, 0) is 4.74 Å². The van der Waals surface area contributed by atoms with Gasteiger partial charge < -0.3 is 10.1 Å². The number of hydrogen-bond donors (Lipinski definition) is 1. The maximum Gasteiger partial charge on any atom is 0.0601 e. The molecule has 2 fully saturated rings. The van der Waals surface area contributed by atoms with Gasteiger partial charge in [0.1, 0.15) is 0 Å². The highest BCUT2D eigenvalue weighted by atomic mass is 16.5. The zero-order chi connectivity index (χ0) is 10.8. The van der Waals surface area contributed by atoms with Crippen LogP contribution in [0.2, 0.25) is 0 Å². The number of methoxy groups -OCH3 is 1. The minimum atomic E-state index is 0.525. The molecule has 1 aliphatic carbocycles. The molecule has 3 nitrogen and oxygen atoms in total. The van der Waals surface area contributed by atoms with Gasteiger partial charge in [-0.1, -0.05) is 6.92 Å². The average molecular weight is 212 g/mol. The lowest BCUT2D eigenvalue weighted by atomic mass is 9.86. The first-order chi connectivity index (χ1) is 7.24.